The smallest absolute Gasteiger partial charge is 0.283 e. The Morgan fingerprint density at radius 1 is 1.06 bits per heavy atom. The predicted molar refractivity (Wildman–Crippen MR) is 139 cm³/mol. The van der Waals surface area contributed by atoms with Gasteiger partial charge >= 0.3 is 0 Å². The fraction of sp³-hybridized carbons (Fsp3) is 0.269. The third kappa shape index (κ3) is 8.35. The molecule has 3 rings (SSSR count). The van der Waals surface area contributed by atoms with Crippen molar-refractivity contribution in [3.8, 4) is 0 Å². The highest BCUT2D eigenvalue weighted by Crippen LogP contribution is 2.23. The molecule has 8 nitrogen and oxygen atoms in total. The van der Waals surface area contributed by atoms with E-state index in [1.165, 1.54) is 24.4 Å². The van der Waals surface area contributed by atoms with Crippen LogP contribution in [0, 0.1) is 5.82 Å². The summed E-state index contributed by atoms with van der Waals surface area (Å²) in [7, 11) is 0. The van der Waals surface area contributed by atoms with Crippen LogP contribution in [-0.2, 0) is 6.54 Å². The number of hydrogen-bond acceptors (Lipinski definition) is 7. The van der Waals surface area contributed by atoms with Crippen LogP contribution in [-0.4, -0.2) is 58.4 Å². The molecule has 0 saturated carbocycles. The van der Waals surface area contributed by atoms with Crippen molar-refractivity contribution in [3.05, 3.63) is 87.4 Å². The molecule has 2 atom stereocenters. The number of rotatable bonds is 11. The molecule has 0 spiro atoms. The van der Waals surface area contributed by atoms with Crippen molar-refractivity contribution in [1.82, 2.24) is 10.3 Å². The first-order valence-corrected chi connectivity index (χ1v) is 12.2. The summed E-state index contributed by atoms with van der Waals surface area (Å²) in [6.07, 6.45) is 0.213. The highest BCUT2D eigenvalue weighted by atomic mass is 32.1. The van der Waals surface area contributed by atoms with Gasteiger partial charge < -0.3 is 15.5 Å². The summed E-state index contributed by atoms with van der Waals surface area (Å²) in [5.74, 6) is -1.30. The Balaban J connectivity index is 1.65. The van der Waals surface area contributed by atoms with Crippen molar-refractivity contribution in [2.24, 2.45) is 5.10 Å². The Hall–Kier alpha value is -3.44. The molecule has 36 heavy (non-hydrogen) atoms. The van der Waals surface area contributed by atoms with Crippen LogP contribution in [0.3, 0.4) is 0 Å². The second kappa shape index (κ2) is 13.0. The van der Waals surface area contributed by atoms with E-state index in [0.29, 0.717) is 36.4 Å². The second-order valence-electron chi connectivity index (χ2n) is 8.46. The number of benzene rings is 2. The quantitative estimate of drug-likeness (QED) is 0.232. The van der Waals surface area contributed by atoms with E-state index in [-0.39, 0.29) is 10.8 Å². The van der Waals surface area contributed by atoms with Crippen LogP contribution in [0.5, 0.6) is 0 Å². The molecule has 0 aliphatic carbocycles. The zero-order chi connectivity index (χ0) is 26.1. The zero-order valence-corrected chi connectivity index (χ0v) is 20.8. The summed E-state index contributed by atoms with van der Waals surface area (Å²) in [5, 5.41) is 27.8. The molecule has 0 saturated heterocycles. The average molecular weight is 513 g/mol. The van der Waals surface area contributed by atoms with Gasteiger partial charge in [-0.1, -0.05) is 24.3 Å². The van der Waals surface area contributed by atoms with Crippen molar-refractivity contribution < 1.29 is 24.2 Å². The Labute approximate surface area is 213 Å². The summed E-state index contributed by atoms with van der Waals surface area (Å²) >= 11 is 1.15. The minimum atomic E-state index is -0.559. The molecule has 0 fully saturated rings. The molecule has 0 aliphatic rings. The molecule has 190 valence electrons. The van der Waals surface area contributed by atoms with Crippen molar-refractivity contribution in [3.63, 3.8) is 0 Å². The number of carbonyl (C=O) groups excluding carboxylic acids is 2. The highest BCUT2D eigenvalue weighted by Gasteiger charge is 2.17. The van der Waals surface area contributed by atoms with Crippen LogP contribution >= 0.6 is 11.3 Å². The Morgan fingerprint density at radius 3 is 2.47 bits per heavy atom. The van der Waals surface area contributed by atoms with Crippen LogP contribution in [0.25, 0.3) is 0 Å². The van der Waals surface area contributed by atoms with E-state index in [1.54, 1.807) is 49.6 Å². The van der Waals surface area contributed by atoms with Gasteiger partial charge in [-0.05, 0) is 60.7 Å². The van der Waals surface area contributed by atoms with E-state index < -0.39 is 23.9 Å². The first-order chi connectivity index (χ1) is 17.2. The van der Waals surface area contributed by atoms with Crippen LogP contribution in [0.1, 0.15) is 45.0 Å². The maximum atomic E-state index is 13.3. The average Bonchev–Trinajstić information content (AvgIpc) is 3.26. The van der Waals surface area contributed by atoms with E-state index in [9.17, 15) is 24.2 Å². The molecule has 2 unspecified atom stereocenters. The minimum Gasteiger partial charge on any atom is -0.392 e. The molecule has 0 radical (unpaired) electrons. The fourth-order valence-electron chi connectivity index (χ4n) is 3.60. The molecule has 0 aliphatic heterocycles. The Bertz CT molecular complexity index is 1200. The molecule has 1 aromatic heterocycles. The molecule has 2 aromatic carbocycles. The summed E-state index contributed by atoms with van der Waals surface area (Å²) in [6.45, 7) is 4.58. The molecule has 10 heteroatoms. The Morgan fingerprint density at radius 2 is 1.78 bits per heavy atom. The molecule has 3 aromatic rings. The van der Waals surface area contributed by atoms with Crippen molar-refractivity contribution >= 4 is 35.1 Å². The standard InChI is InChI=1S/C26H29FN4O4S/c1-17(32)14-31(15-18(2)33)16-20-6-3-7-21(11-20)25(34)29-23-9-10-36-24(23)26(35)30-28-13-19-5-4-8-22(27)12-19/h3-13,17-18,32-33H,14-16H2,1-2H3,(H,29,34)(H,30,35)/b28-13+. The summed E-state index contributed by atoms with van der Waals surface area (Å²) in [5.41, 5.74) is 4.48. The number of halogens is 1. The molecular formula is C26H29FN4O4S. The number of aliphatic hydroxyl groups is 2. The molecule has 4 N–H and O–H groups in total. The van der Waals surface area contributed by atoms with E-state index in [0.717, 1.165) is 16.9 Å². The number of hydrogen-bond donors (Lipinski definition) is 4. The SMILES string of the molecule is CC(O)CN(Cc1cccc(C(=O)Nc2ccsc2C(=O)N/N=C/c2cccc(F)c2)c1)CC(C)O. The normalized spacial score (nSPS) is 13.1. The van der Waals surface area contributed by atoms with Gasteiger partial charge in [-0.15, -0.1) is 11.3 Å². The van der Waals surface area contributed by atoms with E-state index in [1.807, 2.05) is 11.0 Å². The first-order valence-electron chi connectivity index (χ1n) is 11.4. The van der Waals surface area contributed by atoms with Crippen LogP contribution in [0.15, 0.2) is 65.1 Å². The lowest BCUT2D eigenvalue weighted by Gasteiger charge is -2.25. The number of anilines is 1. The van der Waals surface area contributed by atoms with E-state index in [4.69, 9.17) is 0 Å². The van der Waals surface area contributed by atoms with Gasteiger partial charge in [0.1, 0.15) is 10.7 Å². The van der Waals surface area contributed by atoms with Crippen molar-refractivity contribution in [2.75, 3.05) is 18.4 Å². The third-order valence-corrected chi connectivity index (χ3v) is 5.90. The zero-order valence-electron chi connectivity index (χ0n) is 20.0. The number of thiophene rings is 1. The van der Waals surface area contributed by atoms with Gasteiger partial charge in [-0.3, -0.25) is 14.5 Å². The lowest BCUT2D eigenvalue weighted by atomic mass is 10.1. The maximum Gasteiger partial charge on any atom is 0.283 e. The van der Waals surface area contributed by atoms with E-state index in [2.05, 4.69) is 15.8 Å². The third-order valence-electron chi connectivity index (χ3n) is 4.99. The largest absolute Gasteiger partial charge is 0.392 e. The molecular weight excluding hydrogens is 483 g/mol. The van der Waals surface area contributed by atoms with Gasteiger partial charge in [-0.25, -0.2) is 9.82 Å². The number of aliphatic hydroxyl groups excluding tert-OH is 2. The number of nitrogens with zero attached hydrogens (tertiary/aromatic N) is 2. The summed E-state index contributed by atoms with van der Waals surface area (Å²) in [6, 6.07) is 14.5. The molecule has 1 heterocycles. The predicted octanol–water partition coefficient (Wildman–Crippen LogP) is 3.47. The van der Waals surface area contributed by atoms with Gasteiger partial charge in [0, 0.05) is 25.2 Å². The maximum absolute atomic E-state index is 13.3. The van der Waals surface area contributed by atoms with Gasteiger partial charge in [0.05, 0.1) is 24.1 Å². The van der Waals surface area contributed by atoms with Crippen molar-refractivity contribution in [1.29, 1.82) is 0 Å². The van der Waals surface area contributed by atoms with Crippen LogP contribution < -0.4 is 10.7 Å². The monoisotopic (exact) mass is 512 g/mol. The first kappa shape index (κ1) is 27.2. The van der Waals surface area contributed by atoms with Gasteiger partial charge in [0.25, 0.3) is 11.8 Å². The van der Waals surface area contributed by atoms with Crippen molar-refractivity contribution in [2.45, 2.75) is 32.6 Å². The number of amides is 2. The van der Waals surface area contributed by atoms with Gasteiger partial charge in [0.15, 0.2) is 0 Å². The van der Waals surface area contributed by atoms with E-state index >= 15 is 0 Å². The number of nitrogens with one attached hydrogen (secondary N) is 2. The summed E-state index contributed by atoms with van der Waals surface area (Å²) in [4.78, 5) is 27.7. The number of carbonyl (C=O) groups is 2. The Kier molecular flexibility index (Phi) is 9.83. The highest BCUT2D eigenvalue weighted by molar-refractivity contribution is 7.12. The summed E-state index contributed by atoms with van der Waals surface area (Å²) < 4.78 is 13.3. The fourth-order valence-corrected chi connectivity index (χ4v) is 4.34. The minimum absolute atomic E-state index is 0.274. The van der Waals surface area contributed by atoms with Crippen LogP contribution in [0.2, 0.25) is 0 Å². The van der Waals surface area contributed by atoms with Gasteiger partial charge in [-0.2, -0.15) is 5.10 Å². The topological polar surface area (TPSA) is 114 Å². The lowest BCUT2D eigenvalue weighted by Crippen LogP contribution is -2.35. The number of hydrazone groups is 1. The molecule has 0 bridgehead atoms. The molecule has 2 amide bonds. The van der Waals surface area contributed by atoms with Crippen LogP contribution in [0.4, 0.5) is 10.1 Å². The lowest BCUT2D eigenvalue weighted by molar-refractivity contribution is 0.0793. The van der Waals surface area contributed by atoms with Gasteiger partial charge in [0.2, 0.25) is 0 Å². The second-order valence-corrected chi connectivity index (χ2v) is 9.38.